The molecule has 0 aliphatic heterocycles. The van der Waals surface area contributed by atoms with E-state index in [1.54, 1.807) is 17.5 Å². The average Bonchev–Trinajstić information content (AvgIpc) is 3.03. The fraction of sp³-hybridized carbons (Fsp3) is 0.308. The van der Waals surface area contributed by atoms with Gasteiger partial charge in [-0.3, -0.25) is 0 Å². The third-order valence-electron chi connectivity index (χ3n) is 2.90. The van der Waals surface area contributed by atoms with E-state index in [2.05, 4.69) is 20.3 Å². The number of anilines is 1. The van der Waals surface area contributed by atoms with Gasteiger partial charge in [0.05, 0.1) is 6.33 Å². The highest BCUT2D eigenvalue weighted by atomic mass is 35.5. The van der Waals surface area contributed by atoms with Crippen LogP contribution in [0.1, 0.15) is 11.3 Å². The van der Waals surface area contributed by atoms with E-state index in [0.717, 1.165) is 29.7 Å². The van der Waals surface area contributed by atoms with Gasteiger partial charge < -0.3 is 9.88 Å². The molecule has 3 aromatic rings. The summed E-state index contributed by atoms with van der Waals surface area (Å²) >= 11 is 7.80. The standard InChI is InChI=1S/C13H14ClN5S/c1-9-7-10-11(14)17-13(18-12(10)20-9)16-3-2-5-19-6-4-15-8-19/h4,6-8H,2-3,5H2,1H3,(H,16,17,18). The molecular weight excluding hydrogens is 294 g/mol. The first-order valence-electron chi connectivity index (χ1n) is 6.35. The zero-order valence-electron chi connectivity index (χ0n) is 11.0. The summed E-state index contributed by atoms with van der Waals surface area (Å²) < 4.78 is 2.04. The molecule has 0 aliphatic carbocycles. The molecule has 3 heterocycles. The van der Waals surface area contributed by atoms with Gasteiger partial charge >= 0.3 is 0 Å². The number of imidazole rings is 1. The molecule has 0 atom stereocenters. The van der Waals surface area contributed by atoms with Crippen LogP contribution in [0.3, 0.4) is 0 Å². The van der Waals surface area contributed by atoms with Gasteiger partial charge in [-0.15, -0.1) is 11.3 Å². The number of halogens is 1. The molecule has 3 rings (SSSR count). The molecule has 104 valence electrons. The molecule has 5 nitrogen and oxygen atoms in total. The van der Waals surface area contributed by atoms with Crippen LogP contribution in [-0.2, 0) is 6.54 Å². The molecule has 0 aliphatic rings. The summed E-state index contributed by atoms with van der Waals surface area (Å²) in [6, 6.07) is 2.02. The molecule has 0 aromatic carbocycles. The molecule has 0 radical (unpaired) electrons. The van der Waals surface area contributed by atoms with Gasteiger partial charge in [-0.2, -0.15) is 0 Å². The second kappa shape index (κ2) is 5.76. The van der Waals surface area contributed by atoms with Crippen molar-refractivity contribution in [1.29, 1.82) is 0 Å². The first kappa shape index (κ1) is 13.3. The van der Waals surface area contributed by atoms with Gasteiger partial charge in [0.2, 0.25) is 5.95 Å². The molecule has 0 amide bonds. The number of aryl methyl sites for hydroxylation is 2. The largest absolute Gasteiger partial charge is 0.354 e. The number of thiophene rings is 1. The second-order valence-electron chi connectivity index (χ2n) is 4.49. The Bertz CT molecular complexity index is 707. The molecule has 0 bridgehead atoms. The van der Waals surface area contributed by atoms with Crippen LogP contribution in [0.15, 0.2) is 24.8 Å². The predicted molar refractivity (Wildman–Crippen MR) is 82.5 cm³/mol. The van der Waals surface area contributed by atoms with E-state index in [1.807, 2.05) is 30.1 Å². The Morgan fingerprint density at radius 3 is 3.10 bits per heavy atom. The highest BCUT2D eigenvalue weighted by molar-refractivity contribution is 7.18. The fourth-order valence-corrected chi connectivity index (χ4v) is 3.13. The topological polar surface area (TPSA) is 55.6 Å². The Labute approximate surface area is 125 Å². The van der Waals surface area contributed by atoms with Crippen LogP contribution in [0.5, 0.6) is 0 Å². The van der Waals surface area contributed by atoms with Crippen LogP contribution in [0, 0.1) is 6.92 Å². The van der Waals surface area contributed by atoms with Crippen LogP contribution in [-0.4, -0.2) is 26.1 Å². The van der Waals surface area contributed by atoms with Crippen molar-refractivity contribution in [2.75, 3.05) is 11.9 Å². The van der Waals surface area contributed by atoms with E-state index in [0.29, 0.717) is 11.1 Å². The first-order valence-corrected chi connectivity index (χ1v) is 7.55. The first-order chi connectivity index (χ1) is 9.72. The third kappa shape index (κ3) is 2.91. The van der Waals surface area contributed by atoms with Crippen LogP contribution in [0.4, 0.5) is 5.95 Å². The predicted octanol–water partition coefficient (Wildman–Crippen LogP) is 3.35. The molecule has 3 aromatic heterocycles. The molecular formula is C13H14ClN5S. The van der Waals surface area contributed by atoms with Crippen LogP contribution in [0.25, 0.3) is 10.2 Å². The van der Waals surface area contributed by atoms with Crippen molar-refractivity contribution in [2.24, 2.45) is 0 Å². The smallest absolute Gasteiger partial charge is 0.225 e. The lowest BCUT2D eigenvalue weighted by atomic mass is 10.4. The maximum atomic E-state index is 6.17. The fourth-order valence-electron chi connectivity index (χ4n) is 1.97. The highest BCUT2D eigenvalue weighted by Crippen LogP contribution is 2.29. The molecule has 0 unspecified atom stereocenters. The summed E-state index contributed by atoms with van der Waals surface area (Å²) in [4.78, 5) is 14.9. The van der Waals surface area contributed by atoms with Crippen molar-refractivity contribution in [3.8, 4) is 0 Å². The number of hydrogen-bond acceptors (Lipinski definition) is 5. The lowest BCUT2D eigenvalue weighted by Gasteiger charge is -2.05. The van der Waals surface area contributed by atoms with Crippen molar-refractivity contribution in [2.45, 2.75) is 19.9 Å². The van der Waals surface area contributed by atoms with Gasteiger partial charge in [0.25, 0.3) is 0 Å². The zero-order valence-corrected chi connectivity index (χ0v) is 12.6. The van der Waals surface area contributed by atoms with Crippen LogP contribution < -0.4 is 5.32 Å². The quantitative estimate of drug-likeness (QED) is 0.580. The van der Waals surface area contributed by atoms with Crippen molar-refractivity contribution < 1.29 is 0 Å². The Morgan fingerprint density at radius 1 is 1.40 bits per heavy atom. The molecule has 0 saturated heterocycles. The van der Waals surface area contributed by atoms with Crippen molar-refractivity contribution in [3.05, 3.63) is 34.8 Å². The summed E-state index contributed by atoms with van der Waals surface area (Å²) in [5.41, 5.74) is 0. The van der Waals surface area contributed by atoms with Gasteiger partial charge in [0.1, 0.15) is 9.98 Å². The van der Waals surface area contributed by atoms with E-state index in [-0.39, 0.29) is 0 Å². The van der Waals surface area contributed by atoms with Gasteiger partial charge in [0.15, 0.2) is 0 Å². The maximum absolute atomic E-state index is 6.17. The Hall–Kier alpha value is -1.66. The minimum Gasteiger partial charge on any atom is -0.354 e. The van der Waals surface area contributed by atoms with Crippen molar-refractivity contribution in [1.82, 2.24) is 19.5 Å². The van der Waals surface area contributed by atoms with E-state index < -0.39 is 0 Å². The van der Waals surface area contributed by atoms with Crippen LogP contribution in [0.2, 0.25) is 5.15 Å². The Morgan fingerprint density at radius 2 is 2.30 bits per heavy atom. The number of fused-ring (bicyclic) bond motifs is 1. The van der Waals surface area contributed by atoms with E-state index in [1.165, 1.54) is 4.88 Å². The van der Waals surface area contributed by atoms with Gasteiger partial charge in [-0.1, -0.05) is 11.6 Å². The third-order valence-corrected chi connectivity index (χ3v) is 4.14. The minimum atomic E-state index is 0.511. The summed E-state index contributed by atoms with van der Waals surface area (Å²) in [5.74, 6) is 0.593. The lowest BCUT2D eigenvalue weighted by Crippen LogP contribution is -2.08. The Balaban J connectivity index is 1.62. The molecule has 20 heavy (non-hydrogen) atoms. The van der Waals surface area contributed by atoms with Crippen molar-refractivity contribution >= 4 is 39.1 Å². The van der Waals surface area contributed by atoms with E-state index in [4.69, 9.17) is 11.6 Å². The van der Waals surface area contributed by atoms with E-state index in [9.17, 15) is 0 Å². The number of rotatable bonds is 5. The normalized spacial score (nSPS) is 11.1. The average molecular weight is 308 g/mol. The van der Waals surface area contributed by atoms with Crippen molar-refractivity contribution in [3.63, 3.8) is 0 Å². The summed E-state index contributed by atoms with van der Waals surface area (Å²) in [6.45, 7) is 3.76. The lowest BCUT2D eigenvalue weighted by molar-refractivity contribution is 0.659. The SMILES string of the molecule is Cc1cc2c(Cl)nc(NCCCn3ccnc3)nc2s1. The van der Waals surface area contributed by atoms with Gasteiger partial charge in [0, 0.05) is 35.7 Å². The highest BCUT2D eigenvalue weighted by Gasteiger charge is 2.08. The maximum Gasteiger partial charge on any atom is 0.225 e. The minimum absolute atomic E-state index is 0.511. The second-order valence-corrected chi connectivity index (χ2v) is 6.09. The summed E-state index contributed by atoms with van der Waals surface area (Å²) in [5, 5.41) is 4.66. The summed E-state index contributed by atoms with van der Waals surface area (Å²) in [7, 11) is 0. The molecule has 0 spiro atoms. The van der Waals surface area contributed by atoms with E-state index >= 15 is 0 Å². The number of aromatic nitrogens is 4. The molecule has 1 N–H and O–H groups in total. The number of nitrogens with zero attached hydrogens (tertiary/aromatic N) is 4. The van der Waals surface area contributed by atoms with Gasteiger partial charge in [-0.05, 0) is 19.4 Å². The monoisotopic (exact) mass is 307 g/mol. The van der Waals surface area contributed by atoms with Gasteiger partial charge in [-0.25, -0.2) is 15.0 Å². The number of nitrogens with one attached hydrogen (secondary N) is 1. The zero-order chi connectivity index (χ0) is 13.9. The number of hydrogen-bond donors (Lipinski definition) is 1. The molecule has 7 heteroatoms. The molecule has 0 saturated carbocycles. The Kier molecular flexibility index (Phi) is 3.84. The molecule has 0 fully saturated rings. The van der Waals surface area contributed by atoms with Crippen LogP contribution >= 0.6 is 22.9 Å². The summed E-state index contributed by atoms with van der Waals surface area (Å²) in [6.07, 6.45) is 6.52.